The zero-order chi connectivity index (χ0) is 21.8. The van der Waals surface area contributed by atoms with Crippen molar-refractivity contribution in [1.82, 2.24) is 20.2 Å². The molecule has 4 rings (SSSR count). The van der Waals surface area contributed by atoms with Crippen molar-refractivity contribution in [1.29, 1.82) is 0 Å². The molecule has 1 aromatic carbocycles. The number of rotatable bonds is 6. The SMILES string of the molecule is O=C(CSc1nc2cc(Cl)ccc2c(=O)n1Cc1ccco1)NC(=O)NC1CCCC1. The number of carbonyl (C=O) groups excluding carboxylic acids is 2. The molecule has 1 aliphatic carbocycles. The summed E-state index contributed by atoms with van der Waals surface area (Å²) in [6, 6.07) is 7.97. The first-order valence-corrected chi connectivity index (χ1v) is 11.3. The zero-order valence-electron chi connectivity index (χ0n) is 16.6. The molecule has 8 nitrogen and oxygen atoms in total. The summed E-state index contributed by atoms with van der Waals surface area (Å²) in [4.78, 5) is 41.9. The highest BCUT2D eigenvalue weighted by atomic mass is 35.5. The smallest absolute Gasteiger partial charge is 0.321 e. The second kappa shape index (κ2) is 9.57. The van der Waals surface area contributed by atoms with Crippen LogP contribution in [0.25, 0.3) is 10.9 Å². The van der Waals surface area contributed by atoms with E-state index >= 15 is 0 Å². The van der Waals surface area contributed by atoms with Gasteiger partial charge in [-0.25, -0.2) is 9.78 Å². The molecule has 2 heterocycles. The molecule has 2 N–H and O–H groups in total. The Kier molecular flexibility index (Phi) is 6.62. The number of hydrogen-bond acceptors (Lipinski definition) is 6. The number of benzene rings is 1. The third-order valence-corrected chi connectivity index (χ3v) is 6.26. The van der Waals surface area contributed by atoms with E-state index in [1.165, 1.54) is 10.8 Å². The minimum Gasteiger partial charge on any atom is -0.467 e. The van der Waals surface area contributed by atoms with E-state index in [9.17, 15) is 14.4 Å². The summed E-state index contributed by atoms with van der Waals surface area (Å²) in [7, 11) is 0. The molecule has 3 amide bonds. The maximum Gasteiger partial charge on any atom is 0.321 e. The first-order valence-electron chi connectivity index (χ1n) is 9.95. The molecule has 1 fully saturated rings. The number of urea groups is 1. The minimum absolute atomic E-state index is 0.0746. The summed E-state index contributed by atoms with van der Waals surface area (Å²) >= 11 is 7.13. The maximum absolute atomic E-state index is 13.1. The second-order valence-electron chi connectivity index (χ2n) is 7.32. The Morgan fingerprint density at radius 2 is 2.06 bits per heavy atom. The standard InChI is InChI=1S/C21H21ClN4O4S/c22-13-7-8-16-17(10-13)24-21(26(19(16)28)11-15-6-3-9-30-15)31-12-18(27)25-20(29)23-14-4-1-2-5-14/h3,6-10,14H,1-2,4-5,11-12H2,(H2,23,25,27,29). The predicted molar refractivity (Wildman–Crippen MR) is 118 cm³/mol. The lowest BCUT2D eigenvalue weighted by molar-refractivity contribution is -0.117. The van der Waals surface area contributed by atoms with Crippen molar-refractivity contribution >= 4 is 46.2 Å². The van der Waals surface area contributed by atoms with E-state index in [0.29, 0.717) is 26.8 Å². The molecule has 2 aromatic heterocycles. The summed E-state index contributed by atoms with van der Waals surface area (Å²) < 4.78 is 6.82. The first kappa shape index (κ1) is 21.5. The van der Waals surface area contributed by atoms with Gasteiger partial charge in [-0.15, -0.1) is 0 Å². The van der Waals surface area contributed by atoms with Gasteiger partial charge in [0, 0.05) is 11.1 Å². The molecule has 162 valence electrons. The fourth-order valence-corrected chi connectivity index (χ4v) is 4.53. The van der Waals surface area contributed by atoms with E-state index < -0.39 is 11.9 Å². The van der Waals surface area contributed by atoms with Gasteiger partial charge in [0.25, 0.3) is 5.56 Å². The van der Waals surface area contributed by atoms with Gasteiger partial charge in [-0.05, 0) is 43.2 Å². The number of hydrogen-bond donors (Lipinski definition) is 2. The van der Waals surface area contributed by atoms with Gasteiger partial charge in [-0.3, -0.25) is 19.5 Å². The van der Waals surface area contributed by atoms with E-state index in [0.717, 1.165) is 37.4 Å². The van der Waals surface area contributed by atoms with Crippen molar-refractivity contribution in [3.05, 3.63) is 57.7 Å². The molecule has 0 radical (unpaired) electrons. The first-order chi connectivity index (χ1) is 15.0. The minimum atomic E-state index is -0.497. The van der Waals surface area contributed by atoms with Gasteiger partial charge in [0.2, 0.25) is 5.91 Å². The zero-order valence-corrected chi connectivity index (χ0v) is 18.2. The van der Waals surface area contributed by atoms with Crippen molar-refractivity contribution in [2.24, 2.45) is 0 Å². The summed E-state index contributed by atoms with van der Waals surface area (Å²) in [6.07, 6.45) is 5.55. The number of imide groups is 1. The number of thioether (sulfide) groups is 1. The molecule has 3 aromatic rings. The van der Waals surface area contributed by atoms with Crippen LogP contribution in [0.1, 0.15) is 31.4 Å². The summed E-state index contributed by atoms with van der Waals surface area (Å²) in [6.45, 7) is 0.170. The molecule has 0 saturated heterocycles. The van der Waals surface area contributed by atoms with Gasteiger partial charge in [-0.1, -0.05) is 36.2 Å². The van der Waals surface area contributed by atoms with Crippen LogP contribution in [0.15, 0.2) is 51.0 Å². The molecule has 0 atom stereocenters. The lowest BCUT2D eigenvalue weighted by atomic mass is 10.2. The highest BCUT2D eigenvalue weighted by Crippen LogP contribution is 2.21. The van der Waals surface area contributed by atoms with Crippen LogP contribution in [-0.2, 0) is 11.3 Å². The third kappa shape index (κ3) is 5.29. The van der Waals surface area contributed by atoms with Gasteiger partial charge in [-0.2, -0.15) is 0 Å². The molecule has 31 heavy (non-hydrogen) atoms. The Morgan fingerprint density at radius 1 is 1.26 bits per heavy atom. The van der Waals surface area contributed by atoms with E-state index in [2.05, 4.69) is 15.6 Å². The van der Waals surface area contributed by atoms with Gasteiger partial charge in [0.1, 0.15) is 5.76 Å². The van der Waals surface area contributed by atoms with Crippen LogP contribution >= 0.6 is 23.4 Å². The third-order valence-electron chi connectivity index (χ3n) is 5.05. The Hall–Kier alpha value is -2.78. The second-order valence-corrected chi connectivity index (χ2v) is 8.70. The fraction of sp³-hybridized carbons (Fsp3) is 0.333. The van der Waals surface area contributed by atoms with Crippen LogP contribution in [0.3, 0.4) is 0 Å². The fourth-order valence-electron chi connectivity index (χ4n) is 3.57. The van der Waals surface area contributed by atoms with Crippen LogP contribution in [-0.4, -0.2) is 33.3 Å². The van der Waals surface area contributed by atoms with E-state index in [1.807, 2.05) is 0 Å². The number of aromatic nitrogens is 2. The number of carbonyl (C=O) groups is 2. The van der Waals surface area contributed by atoms with Crippen molar-refractivity contribution in [2.45, 2.75) is 43.4 Å². The molecule has 0 bridgehead atoms. The van der Waals surface area contributed by atoms with E-state index in [1.54, 1.807) is 30.3 Å². The molecule has 1 aliphatic rings. The van der Waals surface area contributed by atoms with Crippen molar-refractivity contribution < 1.29 is 14.0 Å². The highest BCUT2D eigenvalue weighted by molar-refractivity contribution is 7.99. The number of nitrogens with one attached hydrogen (secondary N) is 2. The van der Waals surface area contributed by atoms with Gasteiger partial charge >= 0.3 is 6.03 Å². The van der Waals surface area contributed by atoms with E-state index in [-0.39, 0.29) is 23.9 Å². The van der Waals surface area contributed by atoms with Crippen LogP contribution in [0.5, 0.6) is 0 Å². The van der Waals surface area contributed by atoms with Crippen molar-refractivity contribution in [3.63, 3.8) is 0 Å². The molecular weight excluding hydrogens is 440 g/mol. The van der Waals surface area contributed by atoms with Crippen LogP contribution in [0.4, 0.5) is 4.79 Å². The monoisotopic (exact) mass is 460 g/mol. The maximum atomic E-state index is 13.1. The number of halogens is 1. The predicted octanol–water partition coefficient (Wildman–Crippen LogP) is 3.55. The largest absolute Gasteiger partial charge is 0.467 e. The average molecular weight is 461 g/mol. The molecule has 0 aliphatic heterocycles. The van der Waals surface area contributed by atoms with Gasteiger partial charge in [0.05, 0.1) is 29.5 Å². The number of amides is 3. The van der Waals surface area contributed by atoms with E-state index in [4.69, 9.17) is 16.0 Å². The Morgan fingerprint density at radius 3 is 2.81 bits per heavy atom. The number of fused-ring (bicyclic) bond motifs is 1. The summed E-state index contributed by atoms with van der Waals surface area (Å²) in [5, 5.41) is 6.36. The molecule has 1 saturated carbocycles. The lowest BCUT2D eigenvalue weighted by Crippen LogP contribution is -2.44. The van der Waals surface area contributed by atoms with Gasteiger partial charge in [0.15, 0.2) is 5.16 Å². The van der Waals surface area contributed by atoms with Crippen LogP contribution in [0, 0.1) is 0 Å². The highest BCUT2D eigenvalue weighted by Gasteiger charge is 2.19. The molecule has 0 spiro atoms. The number of nitrogens with zero attached hydrogens (tertiary/aromatic N) is 2. The number of furan rings is 1. The molecule has 10 heteroatoms. The Balaban J connectivity index is 1.51. The topological polar surface area (TPSA) is 106 Å². The quantitative estimate of drug-likeness (QED) is 0.430. The Bertz CT molecular complexity index is 1160. The molecule has 0 unspecified atom stereocenters. The normalized spacial score (nSPS) is 14.1. The van der Waals surface area contributed by atoms with Crippen LogP contribution < -0.4 is 16.2 Å². The van der Waals surface area contributed by atoms with Crippen molar-refractivity contribution in [3.8, 4) is 0 Å². The Labute approximate surface area is 187 Å². The summed E-state index contributed by atoms with van der Waals surface area (Å²) in [5.41, 5.74) is 0.176. The lowest BCUT2D eigenvalue weighted by Gasteiger charge is -2.13. The molecular formula is C21H21ClN4O4S. The van der Waals surface area contributed by atoms with Crippen molar-refractivity contribution in [2.75, 3.05) is 5.75 Å². The van der Waals surface area contributed by atoms with Gasteiger partial charge < -0.3 is 9.73 Å². The van der Waals surface area contributed by atoms with Crippen LogP contribution in [0.2, 0.25) is 5.02 Å². The average Bonchev–Trinajstić information content (AvgIpc) is 3.42. The summed E-state index contributed by atoms with van der Waals surface area (Å²) in [5.74, 6) is 0.0410.